The highest BCUT2D eigenvalue weighted by Gasteiger charge is 2.32. The first-order valence-corrected chi connectivity index (χ1v) is 11.7. The van der Waals surface area contributed by atoms with Crippen LogP contribution in [0, 0.1) is 0 Å². The highest BCUT2D eigenvalue weighted by Crippen LogP contribution is 2.35. The topological polar surface area (TPSA) is 81.0 Å². The molecule has 3 aromatic rings. The lowest BCUT2D eigenvalue weighted by Gasteiger charge is -2.30. The van der Waals surface area contributed by atoms with Crippen LogP contribution < -0.4 is 13.8 Å². The summed E-state index contributed by atoms with van der Waals surface area (Å²) >= 11 is 1.33. The third-order valence-electron chi connectivity index (χ3n) is 5.00. The normalized spacial score (nSPS) is 14.5. The lowest BCUT2D eigenvalue weighted by molar-refractivity contribution is 0.0997. The van der Waals surface area contributed by atoms with Crippen LogP contribution in [0.1, 0.15) is 22.3 Å². The van der Waals surface area contributed by atoms with Crippen LogP contribution in [0.25, 0.3) is 0 Å². The number of benzene rings is 2. The highest BCUT2D eigenvalue weighted by atomic mass is 32.2. The lowest BCUT2D eigenvalue weighted by Crippen LogP contribution is -2.35. The number of ether oxygens (including phenoxy) is 1. The first kappa shape index (κ1) is 20.4. The van der Waals surface area contributed by atoms with Crippen molar-refractivity contribution in [2.45, 2.75) is 17.7 Å². The van der Waals surface area contributed by atoms with E-state index in [2.05, 4.69) is 4.99 Å². The molecule has 0 bridgehead atoms. The van der Waals surface area contributed by atoms with Gasteiger partial charge in [-0.25, -0.2) is 8.42 Å². The maximum atomic E-state index is 13.6. The van der Waals surface area contributed by atoms with E-state index in [1.165, 1.54) is 41.0 Å². The van der Waals surface area contributed by atoms with Crippen molar-refractivity contribution in [3.05, 3.63) is 70.0 Å². The Hall–Kier alpha value is -2.91. The summed E-state index contributed by atoms with van der Waals surface area (Å²) in [4.78, 5) is 17.3. The fourth-order valence-corrected chi connectivity index (χ4v) is 5.92. The predicted molar refractivity (Wildman–Crippen MR) is 115 cm³/mol. The molecular weight excluding hydrogens is 422 g/mol. The summed E-state index contributed by atoms with van der Waals surface area (Å²) in [7, 11) is -0.728. The fourth-order valence-electron chi connectivity index (χ4n) is 3.46. The van der Waals surface area contributed by atoms with E-state index in [0.29, 0.717) is 17.0 Å². The third-order valence-corrected chi connectivity index (χ3v) is 7.69. The van der Waals surface area contributed by atoms with Crippen molar-refractivity contribution in [3.8, 4) is 5.75 Å². The number of carbonyl (C=O) groups is 1. The Kier molecular flexibility index (Phi) is 5.48. The monoisotopic (exact) mass is 443 g/mol. The molecule has 0 aliphatic carbocycles. The summed E-state index contributed by atoms with van der Waals surface area (Å²) in [5, 5.41) is 1.82. The molecule has 4 rings (SSSR count). The van der Waals surface area contributed by atoms with E-state index >= 15 is 0 Å². The molecule has 1 amide bonds. The number of rotatable bonds is 4. The molecule has 0 saturated heterocycles. The zero-order valence-corrected chi connectivity index (χ0v) is 18.2. The average molecular weight is 444 g/mol. The molecule has 0 spiro atoms. The number of nitrogens with zero attached hydrogens (tertiary/aromatic N) is 3. The van der Waals surface area contributed by atoms with E-state index in [9.17, 15) is 13.2 Å². The second-order valence-electron chi connectivity index (χ2n) is 6.89. The molecule has 7 nitrogen and oxygen atoms in total. The second-order valence-corrected chi connectivity index (χ2v) is 9.59. The molecule has 2 heterocycles. The standard InChI is InChI=1S/C21H21N3O4S2/c1-23-12-13-29-21(23)22-20(25)16-9-10-18(28-2)19(14-16)30(26,27)24-11-5-7-15-6-3-4-8-17(15)24/h3-4,6,8-10,12-14H,5,7,11H2,1-2H3. The van der Waals surface area contributed by atoms with Crippen molar-refractivity contribution in [3.63, 3.8) is 0 Å². The molecule has 0 unspecified atom stereocenters. The van der Waals surface area contributed by atoms with Gasteiger partial charge in [0.25, 0.3) is 15.9 Å². The number of aromatic nitrogens is 1. The summed E-state index contributed by atoms with van der Waals surface area (Å²) in [6, 6.07) is 11.9. The molecule has 30 heavy (non-hydrogen) atoms. The van der Waals surface area contributed by atoms with E-state index in [1.54, 1.807) is 23.9 Å². The molecule has 1 aliphatic heterocycles. The molecule has 156 valence electrons. The Balaban J connectivity index is 1.80. The SMILES string of the molecule is COc1ccc(C(=O)N=c2sccn2C)cc1S(=O)(=O)N1CCCc2ccccc21. The van der Waals surface area contributed by atoms with Crippen molar-refractivity contribution in [2.24, 2.45) is 12.0 Å². The van der Waals surface area contributed by atoms with Crippen molar-refractivity contribution in [1.82, 2.24) is 4.57 Å². The Morgan fingerprint density at radius 2 is 2.00 bits per heavy atom. The van der Waals surface area contributed by atoms with Crippen LogP contribution in [-0.2, 0) is 23.5 Å². The Bertz CT molecular complexity index is 1280. The van der Waals surface area contributed by atoms with Gasteiger partial charge in [-0.05, 0) is 42.7 Å². The first-order valence-electron chi connectivity index (χ1n) is 9.39. The van der Waals surface area contributed by atoms with Crippen LogP contribution >= 0.6 is 11.3 Å². The minimum absolute atomic E-state index is 0.0432. The molecule has 0 radical (unpaired) electrons. The van der Waals surface area contributed by atoms with Crippen LogP contribution in [0.4, 0.5) is 5.69 Å². The third kappa shape index (κ3) is 3.66. The number of sulfonamides is 1. The van der Waals surface area contributed by atoms with Crippen LogP contribution in [0.5, 0.6) is 5.75 Å². The lowest BCUT2D eigenvalue weighted by atomic mass is 10.0. The highest BCUT2D eigenvalue weighted by molar-refractivity contribution is 7.93. The fraction of sp³-hybridized carbons (Fsp3) is 0.238. The van der Waals surface area contributed by atoms with Crippen molar-refractivity contribution >= 4 is 33.0 Å². The van der Waals surface area contributed by atoms with E-state index in [1.807, 2.05) is 23.6 Å². The Labute approximate surface area is 178 Å². The maximum absolute atomic E-state index is 13.6. The van der Waals surface area contributed by atoms with Crippen molar-refractivity contribution < 1.29 is 17.9 Å². The van der Waals surface area contributed by atoms with Crippen LogP contribution in [0.15, 0.2) is 63.9 Å². The van der Waals surface area contributed by atoms with Gasteiger partial charge in [-0.1, -0.05) is 18.2 Å². The van der Waals surface area contributed by atoms with Gasteiger partial charge >= 0.3 is 0 Å². The van der Waals surface area contributed by atoms with Gasteiger partial charge in [0.2, 0.25) is 0 Å². The zero-order chi connectivity index (χ0) is 21.3. The van der Waals surface area contributed by atoms with Gasteiger partial charge in [-0.3, -0.25) is 9.10 Å². The number of para-hydroxylation sites is 1. The van der Waals surface area contributed by atoms with Gasteiger partial charge in [0.05, 0.1) is 12.8 Å². The summed E-state index contributed by atoms with van der Waals surface area (Å²) in [5.74, 6) is -0.317. The number of hydrogen-bond donors (Lipinski definition) is 0. The second kappa shape index (κ2) is 8.08. The smallest absolute Gasteiger partial charge is 0.279 e. The van der Waals surface area contributed by atoms with Gasteiger partial charge < -0.3 is 9.30 Å². The summed E-state index contributed by atoms with van der Waals surface area (Å²) in [6.45, 7) is 0.371. The number of hydrogen-bond acceptors (Lipinski definition) is 5. The van der Waals surface area contributed by atoms with Gasteiger partial charge in [-0.15, -0.1) is 11.3 Å². The Morgan fingerprint density at radius 3 is 2.73 bits per heavy atom. The van der Waals surface area contributed by atoms with Gasteiger partial charge in [0, 0.05) is 30.7 Å². The molecule has 0 N–H and O–H groups in total. The maximum Gasteiger partial charge on any atom is 0.279 e. The predicted octanol–water partition coefficient (Wildman–Crippen LogP) is 2.98. The summed E-state index contributed by atoms with van der Waals surface area (Å²) in [6.07, 6.45) is 3.35. The van der Waals surface area contributed by atoms with E-state index < -0.39 is 15.9 Å². The number of thiazole rings is 1. The van der Waals surface area contributed by atoms with Crippen LogP contribution in [0.2, 0.25) is 0 Å². The summed E-state index contributed by atoms with van der Waals surface area (Å²) < 4.78 is 35.6. The molecule has 1 aliphatic rings. The molecule has 2 aromatic carbocycles. The number of aryl methyl sites for hydroxylation is 2. The number of fused-ring (bicyclic) bond motifs is 1. The largest absolute Gasteiger partial charge is 0.495 e. The zero-order valence-electron chi connectivity index (χ0n) is 16.6. The molecule has 9 heteroatoms. The van der Waals surface area contributed by atoms with E-state index in [-0.39, 0.29) is 16.2 Å². The molecule has 0 atom stereocenters. The van der Waals surface area contributed by atoms with E-state index in [4.69, 9.17) is 4.74 Å². The van der Waals surface area contributed by atoms with Gasteiger partial charge in [0.15, 0.2) is 4.80 Å². The number of amides is 1. The molecular formula is C21H21N3O4S2. The van der Waals surface area contributed by atoms with E-state index in [0.717, 1.165) is 18.4 Å². The molecule has 0 fully saturated rings. The quantitative estimate of drug-likeness (QED) is 0.621. The van der Waals surface area contributed by atoms with Gasteiger partial charge in [-0.2, -0.15) is 4.99 Å². The molecule has 0 saturated carbocycles. The van der Waals surface area contributed by atoms with Crippen LogP contribution in [0.3, 0.4) is 0 Å². The Morgan fingerprint density at radius 1 is 1.20 bits per heavy atom. The summed E-state index contributed by atoms with van der Waals surface area (Å²) in [5.41, 5.74) is 1.84. The average Bonchev–Trinajstić information content (AvgIpc) is 3.17. The number of carbonyl (C=O) groups excluding carboxylic acids is 1. The first-order chi connectivity index (χ1) is 14.4. The minimum Gasteiger partial charge on any atom is -0.495 e. The van der Waals surface area contributed by atoms with Crippen LogP contribution in [-0.4, -0.2) is 32.5 Å². The van der Waals surface area contributed by atoms with Crippen molar-refractivity contribution in [2.75, 3.05) is 18.0 Å². The minimum atomic E-state index is -3.93. The number of anilines is 1. The van der Waals surface area contributed by atoms with Crippen molar-refractivity contribution in [1.29, 1.82) is 0 Å². The van der Waals surface area contributed by atoms with Gasteiger partial charge in [0.1, 0.15) is 10.6 Å². The number of methoxy groups -OCH3 is 1. The molecule has 1 aromatic heterocycles.